The zero-order valence-corrected chi connectivity index (χ0v) is 20.2. The number of benzene rings is 2. The van der Waals surface area contributed by atoms with Crippen molar-refractivity contribution >= 4 is 11.9 Å². The molecule has 3 rings (SSSR count). The highest BCUT2D eigenvalue weighted by Gasteiger charge is 2.22. The van der Waals surface area contributed by atoms with Crippen molar-refractivity contribution in [3.63, 3.8) is 0 Å². The first-order valence-corrected chi connectivity index (χ1v) is 12.4. The van der Waals surface area contributed by atoms with Gasteiger partial charge in [0, 0.05) is 6.08 Å². The molecule has 0 radical (unpaired) electrons. The fourth-order valence-electron chi connectivity index (χ4n) is 4.48. The number of hydrogen-bond acceptors (Lipinski definition) is 5. The molecule has 2 aromatic rings. The quantitative estimate of drug-likeness (QED) is 0.148. The summed E-state index contributed by atoms with van der Waals surface area (Å²) in [6, 6.07) is 14.9. The average Bonchev–Trinajstić information content (AvgIpc) is 2.87. The molecule has 1 aliphatic carbocycles. The molecule has 5 heteroatoms. The van der Waals surface area contributed by atoms with Crippen LogP contribution in [0.15, 0.2) is 61.2 Å². The maximum absolute atomic E-state index is 12.5. The van der Waals surface area contributed by atoms with E-state index in [4.69, 9.17) is 14.2 Å². The molecular weight excluding hydrogens is 428 g/mol. The van der Waals surface area contributed by atoms with Crippen LogP contribution in [0.4, 0.5) is 0 Å². The van der Waals surface area contributed by atoms with Crippen LogP contribution >= 0.6 is 0 Å². The van der Waals surface area contributed by atoms with Crippen molar-refractivity contribution in [1.82, 2.24) is 0 Å². The van der Waals surface area contributed by atoms with Crippen LogP contribution in [0, 0.1) is 5.92 Å². The van der Waals surface area contributed by atoms with Gasteiger partial charge in [0.05, 0.1) is 18.8 Å². The summed E-state index contributed by atoms with van der Waals surface area (Å²) in [7, 11) is 0. The summed E-state index contributed by atoms with van der Waals surface area (Å²) in [5.41, 5.74) is 1.82. The summed E-state index contributed by atoms with van der Waals surface area (Å²) in [4.78, 5) is 23.5. The van der Waals surface area contributed by atoms with Crippen LogP contribution in [0.1, 0.15) is 80.1 Å². The molecule has 0 saturated heterocycles. The lowest BCUT2D eigenvalue weighted by molar-refractivity contribution is -0.137. The Balaban J connectivity index is 1.40. The molecule has 0 unspecified atom stereocenters. The van der Waals surface area contributed by atoms with E-state index in [9.17, 15) is 9.59 Å². The molecule has 0 spiro atoms. The first-order chi connectivity index (χ1) is 16.6. The van der Waals surface area contributed by atoms with E-state index in [-0.39, 0.29) is 5.97 Å². The minimum atomic E-state index is -0.413. The van der Waals surface area contributed by atoms with Gasteiger partial charge in [0.15, 0.2) is 0 Å². The fourth-order valence-corrected chi connectivity index (χ4v) is 4.48. The van der Waals surface area contributed by atoms with Gasteiger partial charge in [-0.25, -0.2) is 9.59 Å². The smallest absolute Gasteiger partial charge is 0.343 e. The van der Waals surface area contributed by atoms with E-state index in [2.05, 4.69) is 25.6 Å². The molecule has 0 aromatic heterocycles. The summed E-state index contributed by atoms with van der Waals surface area (Å²) >= 11 is 0. The summed E-state index contributed by atoms with van der Waals surface area (Å²) in [6.07, 6.45) is 10.4. The van der Waals surface area contributed by atoms with E-state index in [0.717, 1.165) is 18.4 Å². The van der Waals surface area contributed by atoms with Crippen molar-refractivity contribution in [1.29, 1.82) is 0 Å². The molecule has 5 nitrogen and oxygen atoms in total. The molecule has 0 heterocycles. The third-order valence-corrected chi connectivity index (χ3v) is 6.41. The molecule has 1 saturated carbocycles. The van der Waals surface area contributed by atoms with Gasteiger partial charge in [-0.15, -0.1) is 0 Å². The zero-order chi connectivity index (χ0) is 24.2. The van der Waals surface area contributed by atoms with Gasteiger partial charge in [-0.05, 0) is 92.3 Å². The predicted molar refractivity (Wildman–Crippen MR) is 133 cm³/mol. The van der Waals surface area contributed by atoms with Crippen molar-refractivity contribution in [2.75, 3.05) is 13.2 Å². The Kier molecular flexibility index (Phi) is 10.2. The third kappa shape index (κ3) is 8.05. The summed E-state index contributed by atoms with van der Waals surface area (Å²) in [5, 5.41) is 0. The Bertz CT molecular complexity index is 909. The zero-order valence-electron chi connectivity index (χ0n) is 20.2. The lowest BCUT2D eigenvalue weighted by Crippen LogP contribution is -2.13. The van der Waals surface area contributed by atoms with Crippen LogP contribution in [0.2, 0.25) is 0 Å². The van der Waals surface area contributed by atoms with Crippen molar-refractivity contribution in [2.24, 2.45) is 5.92 Å². The second-order valence-corrected chi connectivity index (χ2v) is 8.92. The van der Waals surface area contributed by atoms with Crippen molar-refractivity contribution in [3.8, 4) is 11.5 Å². The normalized spacial score (nSPS) is 17.6. The van der Waals surface area contributed by atoms with Gasteiger partial charge in [0.25, 0.3) is 0 Å². The summed E-state index contributed by atoms with van der Waals surface area (Å²) in [5.74, 6) is 1.95. The predicted octanol–water partition coefficient (Wildman–Crippen LogP) is 6.87. The topological polar surface area (TPSA) is 61.8 Å². The minimum absolute atomic E-state index is 0.347. The maximum atomic E-state index is 12.5. The number of rotatable bonds is 12. The van der Waals surface area contributed by atoms with Crippen molar-refractivity contribution in [2.45, 2.75) is 64.2 Å². The number of carbonyl (C=O) groups is 2. The first-order valence-electron chi connectivity index (χ1n) is 12.4. The lowest BCUT2D eigenvalue weighted by atomic mass is 9.77. The van der Waals surface area contributed by atoms with Gasteiger partial charge in [0.1, 0.15) is 11.5 Å². The van der Waals surface area contributed by atoms with E-state index >= 15 is 0 Å². The number of ether oxygens (including phenoxy) is 3. The van der Waals surface area contributed by atoms with E-state index < -0.39 is 5.97 Å². The second kappa shape index (κ2) is 13.6. The fraction of sp³-hybridized carbons (Fsp3) is 0.448. The van der Waals surface area contributed by atoms with Crippen LogP contribution in [-0.2, 0) is 9.53 Å². The monoisotopic (exact) mass is 464 g/mol. The Morgan fingerprint density at radius 3 is 2.21 bits per heavy atom. The Morgan fingerprint density at radius 2 is 1.56 bits per heavy atom. The molecule has 1 fully saturated rings. The van der Waals surface area contributed by atoms with Gasteiger partial charge in [-0.1, -0.05) is 38.5 Å². The lowest BCUT2D eigenvalue weighted by Gasteiger charge is -2.28. The minimum Gasteiger partial charge on any atom is -0.494 e. The van der Waals surface area contributed by atoms with Crippen LogP contribution in [-0.4, -0.2) is 25.2 Å². The molecule has 34 heavy (non-hydrogen) atoms. The highest BCUT2D eigenvalue weighted by Crippen LogP contribution is 2.37. The van der Waals surface area contributed by atoms with Gasteiger partial charge in [0.2, 0.25) is 0 Å². The van der Waals surface area contributed by atoms with E-state index in [1.54, 1.807) is 24.3 Å². The largest absolute Gasteiger partial charge is 0.494 e. The summed E-state index contributed by atoms with van der Waals surface area (Å²) < 4.78 is 16.1. The van der Waals surface area contributed by atoms with E-state index in [0.29, 0.717) is 42.6 Å². The second-order valence-electron chi connectivity index (χ2n) is 8.92. The number of hydrogen-bond donors (Lipinski definition) is 0. The van der Waals surface area contributed by atoms with Crippen LogP contribution in [0.5, 0.6) is 11.5 Å². The Morgan fingerprint density at radius 1 is 0.912 bits per heavy atom. The van der Waals surface area contributed by atoms with Gasteiger partial charge < -0.3 is 14.2 Å². The van der Waals surface area contributed by atoms with Gasteiger partial charge in [-0.3, -0.25) is 0 Å². The Hall–Kier alpha value is -3.08. The number of esters is 2. The first kappa shape index (κ1) is 25.5. The molecule has 0 atom stereocenters. The molecule has 0 aliphatic heterocycles. The highest BCUT2D eigenvalue weighted by atomic mass is 16.5. The molecule has 1 aliphatic rings. The van der Waals surface area contributed by atoms with Crippen LogP contribution < -0.4 is 9.47 Å². The molecule has 2 aromatic carbocycles. The molecule has 0 bridgehead atoms. The number of carbonyl (C=O) groups excluding carboxylic acids is 2. The summed E-state index contributed by atoms with van der Waals surface area (Å²) in [6.45, 7) is 6.47. The highest BCUT2D eigenvalue weighted by molar-refractivity contribution is 5.91. The third-order valence-electron chi connectivity index (χ3n) is 6.41. The van der Waals surface area contributed by atoms with Crippen molar-refractivity contribution in [3.05, 3.63) is 72.3 Å². The van der Waals surface area contributed by atoms with Gasteiger partial charge >= 0.3 is 11.9 Å². The number of unbranched alkanes of at least 4 members (excludes halogenated alkanes) is 1. The van der Waals surface area contributed by atoms with Crippen LogP contribution in [0.25, 0.3) is 0 Å². The van der Waals surface area contributed by atoms with Crippen LogP contribution in [0.3, 0.4) is 0 Å². The molecular formula is C29H36O5. The maximum Gasteiger partial charge on any atom is 0.343 e. The van der Waals surface area contributed by atoms with Gasteiger partial charge in [-0.2, -0.15) is 0 Å². The molecule has 182 valence electrons. The van der Waals surface area contributed by atoms with E-state index in [1.165, 1.54) is 44.1 Å². The standard InChI is InChI=1S/C29H36O5/c1-3-7-22-8-10-23(11-9-22)24-12-18-27(19-13-24)34-29(31)25-14-16-26(17-15-25)32-20-5-6-21-33-28(30)4-2/h4,12-19,22-23H,2-3,5-11,20-21H2,1H3. The van der Waals surface area contributed by atoms with Crippen molar-refractivity contribution < 1.29 is 23.8 Å². The van der Waals surface area contributed by atoms with E-state index in [1.807, 2.05) is 12.1 Å². The average molecular weight is 465 g/mol. The molecule has 0 N–H and O–H groups in total. The SMILES string of the molecule is C=CC(=O)OCCCCOc1ccc(C(=O)Oc2ccc(C3CCC(CCC)CC3)cc2)cc1. The molecule has 0 amide bonds. The Labute approximate surface area is 203 Å².